The lowest BCUT2D eigenvalue weighted by molar-refractivity contribution is 0.0955. The van der Waals surface area contributed by atoms with Gasteiger partial charge in [0.1, 0.15) is 11.5 Å². The normalized spacial score (nSPS) is 11.1. The number of hydrogen-bond donors (Lipinski definition) is 1. The van der Waals surface area contributed by atoms with Crippen LogP contribution in [0.4, 0.5) is 0 Å². The number of carbonyl (C=O) groups excluding carboxylic acids is 1. The van der Waals surface area contributed by atoms with Crippen molar-refractivity contribution >= 4 is 18.2 Å². The average molecular weight is 298 g/mol. The second kappa shape index (κ2) is 8.46. The largest absolute Gasteiger partial charge is 0.494 e. The van der Waals surface area contributed by atoms with Gasteiger partial charge in [-0.05, 0) is 55.0 Å². The molecular formula is C17H18N2O3. The Bertz CT molecular complexity index is 628. The van der Waals surface area contributed by atoms with Crippen LogP contribution in [0.1, 0.15) is 29.5 Å². The molecule has 1 N–H and O–H groups in total. The van der Waals surface area contributed by atoms with Gasteiger partial charge >= 0.3 is 0 Å². The first kappa shape index (κ1) is 15.6. The van der Waals surface area contributed by atoms with E-state index < -0.39 is 0 Å². The zero-order valence-corrected chi connectivity index (χ0v) is 12.4. The summed E-state index contributed by atoms with van der Waals surface area (Å²) in [5.74, 6) is 1.20. The van der Waals surface area contributed by atoms with Crippen molar-refractivity contribution in [3.63, 3.8) is 0 Å². The minimum absolute atomic E-state index is 0.273. The molecule has 0 aliphatic rings. The van der Waals surface area contributed by atoms with Gasteiger partial charge in [-0.2, -0.15) is 5.10 Å². The van der Waals surface area contributed by atoms with Crippen molar-refractivity contribution in [3.8, 4) is 5.75 Å². The van der Waals surface area contributed by atoms with Crippen molar-refractivity contribution in [3.05, 3.63) is 60.1 Å². The second-order valence-corrected chi connectivity index (χ2v) is 4.47. The molecule has 1 heterocycles. The van der Waals surface area contributed by atoms with Crippen LogP contribution in [0.2, 0.25) is 0 Å². The number of nitrogens with one attached hydrogen (secondary N) is 1. The summed E-state index contributed by atoms with van der Waals surface area (Å²) >= 11 is 0. The van der Waals surface area contributed by atoms with Crippen LogP contribution in [-0.4, -0.2) is 18.7 Å². The molecule has 2 aromatic rings. The summed E-state index contributed by atoms with van der Waals surface area (Å²) in [7, 11) is 0. The van der Waals surface area contributed by atoms with Crippen molar-refractivity contribution in [1.29, 1.82) is 0 Å². The standard InChI is InChI=1S/C17H18N2O3/c1-2-12-21-16-9-7-14(8-10-16)17(20)19-18-11-3-5-15-6-4-13-22-15/h3-11,13H,2,12H2,1H3,(H,19,20)/b5-3+,18-11+. The molecule has 0 aliphatic carbocycles. The van der Waals surface area contributed by atoms with Crippen LogP contribution in [-0.2, 0) is 0 Å². The van der Waals surface area contributed by atoms with Crippen LogP contribution in [0.3, 0.4) is 0 Å². The first-order valence-corrected chi connectivity index (χ1v) is 7.06. The van der Waals surface area contributed by atoms with Gasteiger partial charge in [-0.15, -0.1) is 0 Å². The van der Waals surface area contributed by atoms with E-state index in [-0.39, 0.29) is 5.91 Å². The Morgan fingerprint density at radius 1 is 1.32 bits per heavy atom. The molecule has 0 spiro atoms. The fraction of sp³-hybridized carbons (Fsp3) is 0.176. The molecule has 0 radical (unpaired) electrons. The molecule has 0 atom stereocenters. The van der Waals surface area contributed by atoms with Gasteiger partial charge in [0.2, 0.25) is 0 Å². The Balaban J connectivity index is 1.81. The number of amides is 1. The summed E-state index contributed by atoms with van der Waals surface area (Å²) in [6, 6.07) is 10.6. The fourth-order valence-electron chi connectivity index (χ4n) is 1.65. The van der Waals surface area contributed by atoms with Crippen LogP contribution in [0.25, 0.3) is 6.08 Å². The van der Waals surface area contributed by atoms with Gasteiger partial charge < -0.3 is 9.15 Å². The highest BCUT2D eigenvalue weighted by Crippen LogP contribution is 2.12. The van der Waals surface area contributed by atoms with Gasteiger partial charge in [0.15, 0.2) is 0 Å². The zero-order valence-electron chi connectivity index (χ0n) is 12.4. The molecule has 0 fully saturated rings. The van der Waals surface area contributed by atoms with E-state index in [0.717, 1.165) is 17.9 Å². The number of nitrogens with zero attached hydrogens (tertiary/aromatic N) is 1. The summed E-state index contributed by atoms with van der Waals surface area (Å²) in [5, 5.41) is 3.83. The summed E-state index contributed by atoms with van der Waals surface area (Å²) in [4.78, 5) is 11.9. The first-order chi connectivity index (χ1) is 10.8. The third-order valence-corrected chi connectivity index (χ3v) is 2.72. The van der Waals surface area contributed by atoms with E-state index in [1.165, 1.54) is 6.21 Å². The van der Waals surface area contributed by atoms with E-state index in [9.17, 15) is 4.79 Å². The minimum Gasteiger partial charge on any atom is -0.494 e. The van der Waals surface area contributed by atoms with Crippen LogP contribution in [0.5, 0.6) is 5.75 Å². The predicted molar refractivity (Wildman–Crippen MR) is 85.9 cm³/mol. The second-order valence-electron chi connectivity index (χ2n) is 4.47. The Labute approximate surface area is 129 Å². The Hall–Kier alpha value is -2.82. The van der Waals surface area contributed by atoms with Crippen molar-refractivity contribution in [2.75, 3.05) is 6.61 Å². The lowest BCUT2D eigenvalue weighted by Crippen LogP contribution is -2.17. The number of allylic oxidation sites excluding steroid dienone is 1. The maximum Gasteiger partial charge on any atom is 0.271 e. The third kappa shape index (κ3) is 4.94. The highest BCUT2D eigenvalue weighted by Gasteiger charge is 2.03. The Morgan fingerprint density at radius 3 is 2.82 bits per heavy atom. The molecular weight excluding hydrogens is 280 g/mol. The fourth-order valence-corrected chi connectivity index (χ4v) is 1.65. The molecule has 1 amide bonds. The zero-order chi connectivity index (χ0) is 15.6. The Kier molecular flexibility index (Phi) is 5.99. The van der Waals surface area contributed by atoms with Gasteiger partial charge in [0, 0.05) is 11.8 Å². The molecule has 1 aromatic carbocycles. The molecule has 5 heteroatoms. The maximum atomic E-state index is 11.9. The van der Waals surface area contributed by atoms with E-state index in [1.807, 2.05) is 13.0 Å². The monoisotopic (exact) mass is 298 g/mol. The van der Waals surface area contributed by atoms with E-state index in [2.05, 4.69) is 10.5 Å². The molecule has 0 saturated carbocycles. The molecule has 1 aromatic heterocycles. The molecule has 114 valence electrons. The van der Waals surface area contributed by atoms with Crippen molar-refractivity contribution in [2.45, 2.75) is 13.3 Å². The number of hydrogen-bond acceptors (Lipinski definition) is 4. The van der Waals surface area contributed by atoms with Crippen molar-refractivity contribution in [1.82, 2.24) is 5.43 Å². The van der Waals surface area contributed by atoms with Gasteiger partial charge in [0.05, 0.1) is 12.9 Å². The molecule has 0 saturated heterocycles. The topological polar surface area (TPSA) is 63.8 Å². The van der Waals surface area contributed by atoms with E-state index in [4.69, 9.17) is 9.15 Å². The number of rotatable bonds is 7. The van der Waals surface area contributed by atoms with E-state index in [0.29, 0.717) is 12.2 Å². The molecule has 0 unspecified atom stereocenters. The van der Waals surface area contributed by atoms with Crippen molar-refractivity contribution in [2.24, 2.45) is 5.10 Å². The quantitative estimate of drug-likeness (QED) is 0.628. The first-order valence-electron chi connectivity index (χ1n) is 7.06. The molecule has 0 aliphatic heterocycles. The highest BCUT2D eigenvalue weighted by atomic mass is 16.5. The Morgan fingerprint density at radius 2 is 2.14 bits per heavy atom. The molecule has 2 rings (SSSR count). The number of furan rings is 1. The van der Waals surface area contributed by atoms with Gasteiger partial charge in [-0.3, -0.25) is 4.79 Å². The molecule has 22 heavy (non-hydrogen) atoms. The summed E-state index contributed by atoms with van der Waals surface area (Å²) < 4.78 is 10.6. The molecule has 5 nitrogen and oxygen atoms in total. The van der Waals surface area contributed by atoms with Crippen LogP contribution >= 0.6 is 0 Å². The summed E-state index contributed by atoms with van der Waals surface area (Å²) in [6.07, 6.45) is 7.45. The SMILES string of the molecule is CCCOc1ccc(C(=O)N/N=C/C=C/c2ccco2)cc1. The van der Waals surface area contributed by atoms with Gasteiger partial charge in [-0.1, -0.05) is 6.92 Å². The molecule has 0 bridgehead atoms. The number of benzene rings is 1. The highest BCUT2D eigenvalue weighted by molar-refractivity contribution is 5.94. The lowest BCUT2D eigenvalue weighted by Gasteiger charge is -2.05. The smallest absolute Gasteiger partial charge is 0.271 e. The number of ether oxygens (including phenoxy) is 1. The summed E-state index contributed by atoms with van der Waals surface area (Å²) in [5.41, 5.74) is 2.97. The van der Waals surface area contributed by atoms with E-state index >= 15 is 0 Å². The minimum atomic E-state index is -0.273. The van der Waals surface area contributed by atoms with Crippen LogP contribution in [0, 0.1) is 0 Å². The van der Waals surface area contributed by atoms with Crippen LogP contribution in [0.15, 0.2) is 58.3 Å². The van der Waals surface area contributed by atoms with E-state index in [1.54, 1.807) is 48.7 Å². The van der Waals surface area contributed by atoms with Crippen LogP contribution < -0.4 is 10.2 Å². The third-order valence-electron chi connectivity index (χ3n) is 2.72. The number of hydrazone groups is 1. The van der Waals surface area contributed by atoms with Gasteiger partial charge in [0.25, 0.3) is 5.91 Å². The maximum absolute atomic E-state index is 11.9. The lowest BCUT2D eigenvalue weighted by atomic mass is 10.2. The average Bonchev–Trinajstić information content (AvgIpc) is 3.06. The number of carbonyl (C=O) groups is 1. The van der Waals surface area contributed by atoms with Crippen molar-refractivity contribution < 1.29 is 13.9 Å². The van der Waals surface area contributed by atoms with Gasteiger partial charge in [-0.25, -0.2) is 5.43 Å². The predicted octanol–water partition coefficient (Wildman–Crippen LogP) is 3.50. The summed E-state index contributed by atoms with van der Waals surface area (Å²) in [6.45, 7) is 2.71.